The minimum absolute atomic E-state index is 0.000339. The average Bonchev–Trinajstić information content (AvgIpc) is 3.10. The Labute approximate surface area is 163 Å². The molecule has 1 aromatic heterocycles. The van der Waals surface area contributed by atoms with Crippen molar-refractivity contribution < 1.29 is 18.8 Å². The monoisotopic (exact) mass is 378 g/mol. The van der Waals surface area contributed by atoms with E-state index in [1.807, 2.05) is 54.6 Å². The third kappa shape index (κ3) is 4.01. The number of para-hydroxylation sites is 1. The Morgan fingerprint density at radius 2 is 2.11 bits per heavy atom. The standard InChI is InChI=1S/C22H22N2O4/c1-26-18-7-4-6-15(12-18)20-13-19(28-24-20)14-23-22(25)17-9-10-27-21-8-3-2-5-16(21)11-17/h2-8,12-13,17H,9-11,14H2,1H3,(H,23,25)/t17-/m0/s1. The molecule has 0 spiro atoms. The van der Waals surface area contributed by atoms with Crippen LogP contribution in [0.5, 0.6) is 11.5 Å². The van der Waals surface area contributed by atoms with Crippen molar-refractivity contribution in [3.8, 4) is 22.8 Å². The zero-order valence-corrected chi connectivity index (χ0v) is 15.7. The Balaban J connectivity index is 1.38. The van der Waals surface area contributed by atoms with Crippen LogP contribution in [-0.4, -0.2) is 24.8 Å². The second kappa shape index (κ2) is 8.17. The smallest absolute Gasteiger partial charge is 0.223 e. The van der Waals surface area contributed by atoms with E-state index in [0.29, 0.717) is 37.4 Å². The second-order valence-electron chi connectivity index (χ2n) is 6.77. The molecule has 0 radical (unpaired) electrons. The number of hydrogen-bond donors (Lipinski definition) is 1. The molecule has 1 amide bonds. The third-order valence-electron chi connectivity index (χ3n) is 4.89. The van der Waals surface area contributed by atoms with Gasteiger partial charge in [0, 0.05) is 17.5 Å². The maximum absolute atomic E-state index is 12.6. The van der Waals surface area contributed by atoms with Gasteiger partial charge >= 0.3 is 0 Å². The van der Waals surface area contributed by atoms with E-state index in [2.05, 4.69) is 10.5 Å². The van der Waals surface area contributed by atoms with Gasteiger partial charge < -0.3 is 19.3 Å². The van der Waals surface area contributed by atoms with Gasteiger partial charge in [-0.25, -0.2) is 0 Å². The molecule has 4 rings (SSSR count). The van der Waals surface area contributed by atoms with E-state index in [1.165, 1.54) is 0 Å². The van der Waals surface area contributed by atoms with Crippen LogP contribution in [0.3, 0.4) is 0 Å². The molecule has 0 unspecified atom stereocenters. The molecule has 28 heavy (non-hydrogen) atoms. The fraction of sp³-hybridized carbons (Fsp3) is 0.273. The summed E-state index contributed by atoms with van der Waals surface area (Å²) in [4.78, 5) is 12.6. The molecular formula is C22H22N2O4. The summed E-state index contributed by atoms with van der Waals surface area (Å²) in [6.07, 6.45) is 1.36. The van der Waals surface area contributed by atoms with Crippen LogP contribution in [0.2, 0.25) is 0 Å². The number of aromatic nitrogens is 1. The zero-order chi connectivity index (χ0) is 19.3. The summed E-state index contributed by atoms with van der Waals surface area (Å²) >= 11 is 0. The lowest BCUT2D eigenvalue weighted by atomic mass is 9.96. The van der Waals surface area contributed by atoms with E-state index in [4.69, 9.17) is 14.0 Å². The van der Waals surface area contributed by atoms with Crippen molar-refractivity contribution in [2.45, 2.75) is 19.4 Å². The van der Waals surface area contributed by atoms with E-state index >= 15 is 0 Å². The quantitative estimate of drug-likeness (QED) is 0.734. The van der Waals surface area contributed by atoms with Crippen molar-refractivity contribution >= 4 is 5.91 Å². The van der Waals surface area contributed by atoms with E-state index in [1.54, 1.807) is 7.11 Å². The molecule has 2 heterocycles. The Bertz CT molecular complexity index is 966. The molecule has 1 aliphatic heterocycles. The summed E-state index contributed by atoms with van der Waals surface area (Å²) in [5.41, 5.74) is 2.68. The van der Waals surface area contributed by atoms with Crippen LogP contribution in [0.1, 0.15) is 17.7 Å². The Kier molecular flexibility index (Phi) is 5.28. The number of carbonyl (C=O) groups is 1. The number of ether oxygens (including phenoxy) is 2. The Hall–Kier alpha value is -3.28. The minimum Gasteiger partial charge on any atom is -0.497 e. The van der Waals surface area contributed by atoms with E-state index in [-0.39, 0.29) is 11.8 Å². The molecule has 0 fully saturated rings. The summed E-state index contributed by atoms with van der Waals surface area (Å²) < 4.78 is 16.4. The number of fused-ring (bicyclic) bond motifs is 1. The van der Waals surface area contributed by atoms with Crippen molar-refractivity contribution in [1.82, 2.24) is 10.5 Å². The van der Waals surface area contributed by atoms with Gasteiger partial charge in [0.25, 0.3) is 0 Å². The molecule has 0 aliphatic carbocycles. The number of methoxy groups -OCH3 is 1. The number of benzene rings is 2. The normalized spacial score (nSPS) is 15.8. The molecule has 6 nitrogen and oxygen atoms in total. The molecule has 2 aromatic carbocycles. The summed E-state index contributed by atoms with van der Waals surface area (Å²) in [7, 11) is 1.62. The molecule has 0 saturated carbocycles. The first kappa shape index (κ1) is 18.1. The van der Waals surface area contributed by atoms with Crippen molar-refractivity contribution in [1.29, 1.82) is 0 Å². The van der Waals surface area contributed by atoms with Gasteiger partial charge in [0.15, 0.2) is 5.76 Å². The molecular weight excluding hydrogens is 356 g/mol. The van der Waals surface area contributed by atoms with Gasteiger partial charge in [0.05, 0.1) is 20.3 Å². The van der Waals surface area contributed by atoms with Crippen LogP contribution in [0.25, 0.3) is 11.3 Å². The van der Waals surface area contributed by atoms with Crippen LogP contribution >= 0.6 is 0 Å². The largest absolute Gasteiger partial charge is 0.497 e. The van der Waals surface area contributed by atoms with Crippen LogP contribution < -0.4 is 14.8 Å². The second-order valence-corrected chi connectivity index (χ2v) is 6.77. The molecule has 144 valence electrons. The number of nitrogens with one attached hydrogen (secondary N) is 1. The Morgan fingerprint density at radius 3 is 3.00 bits per heavy atom. The van der Waals surface area contributed by atoms with Gasteiger partial charge in [-0.3, -0.25) is 4.79 Å². The molecule has 3 aromatic rings. The average molecular weight is 378 g/mol. The summed E-state index contributed by atoms with van der Waals surface area (Å²) in [6, 6.07) is 17.3. The molecule has 0 saturated heterocycles. The maximum atomic E-state index is 12.6. The lowest BCUT2D eigenvalue weighted by molar-refractivity contribution is -0.125. The molecule has 1 aliphatic rings. The van der Waals surface area contributed by atoms with Crippen LogP contribution in [0.4, 0.5) is 0 Å². The van der Waals surface area contributed by atoms with Crippen molar-refractivity contribution in [2.75, 3.05) is 13.7 Å². The highest BCUT2D eigenvalue weighted by Crippen LogP contribution is 2.27. The zero-order valence-electron chi connectivity index (χ0n) is 15.7. The molecule has 6 heteroatoms. The highest BCUT2D eigenvalue weighted by molar-refractivity contribution is 5.79. The third-order valence-corrected chi connectivity index (χ3v) is 4.89. The van der Waals surface area contributed by atoms with Crippen LogP contribution in [0, 0.1) is 5.92 Å². The predicted molar refractivity (Wildman–Crippen MR) is 104 cm³/mol. The van der Waals surface area contributed by atoms with Gasteiger partial charge in [0.1, 0.15) is 17.2 Å². The number of carbonyl (C=O) groups excluding carboxylic acids is 1. The highest BCUT2D eigenvalue weighted by atomic mass is 16.5. The lowest BCUT2D eigenvalue weighted by Gasteiger charge is -2.13. The van der Waals surface area contributed by atoms with Crippen molar-refractivity contribution in [3.63, 3.8) is 0 Å². The summed E-state index contributed by atoms with van der Waals surface area (Å²) in [5, 5.41) is 7.06. The Morgan fingerprint density at radius 1 is 1.21 bits per heavy atom. The minimum atomic E-state index is -0.121. The topological polar surface area (TPSA) is 73.6 Å². The first-order valence-electron chi connectivity index (χ1n) is 9.31. The van der Waals surface area contributed by atoms with E-state index in [9.17, 15) is 4.79 Å². The van der Waals surface area contributed by atoms with Gasteiger partial charge in [-0.15, -0.1) is 0 Å². The fourth-order valence-corrected chi connectivity index (χ4v) is 3.35. The van der Waals surface area contributed by atoms with Gasteiger partial charge in [-0.1, -0.05) is 35.5 Å². The van der Waals surface area contributed by atoms with Gasteiger partial charge in [-0.2, -0.15) is 0 Å². The number of amides is 1. The van der Waals surface area contributed by atoms with Crippen molar-refractivity contribution in [2.24, 2.45) is 5.92 Å². The lowest BCUT2D eigenvalue weighted by Crippen LogP contribution is -2.31. The number of nitrogens with zero attached hydrogens (tertiary/aromatic N) is 1. The SMILES string of the molecule is COc1cccc(-c2cc(CNC(=O)[C@H]3CCOc4ccccc4C3)on2)c1. The predicted octanol–water partition coefficient (Wildman–Crippen LogP) is 3.61. The van der Waals surface area contributed by atoms with Crippen LogP contribution in [-0.2, 0) is 17.8 Å². The maximum Gasteiger partial charge on any atom is 0.223 e. The summed E-state index contributed by atoms with van der Waals surface area (Å²) in [6.45, 7) is 0.839. The summed E-state index contributed by atoms with van der Waals surface area (Å²) in [5.74, 6) is 2.11. The van der Waals surface area contributed by atoms with Gasteiger partial charge in [-0.05, 0) is 36.6 Å². The molecule has 1 N–H and O–H groups in total. The van der Waals surface area contributed by atoms with Crippen molar-refractivity contribution in [3.05, 3.63) is 65.9 Å². The number of hydrogen-bond acceptors (Lipinski definition) is 5. The molecule has 0 bridgehead atoms. The van der Waals surface area contributed by atoms with E-state index < -0.39 is 0 Å². The number of rotatable bonds is 5. The molecule has 1 atom stereocenters. The highest BCUT2D eigenvalue weighted by Gasteiger charge is 2.23. The van der Waals surface area contributed by atoms with Crippen LogP contribution in [0.15, 0.2) is 59.1 Å². The first-order valence-corrected chi connectivity index (χ1v) is 9.31. The van der Waals surface area contributed by atoms with E-state index in [0.717, 1.165) is 22.6 Å². The van der Waals surface area contributed by atoms with Gasteiger partial charge in [0.2, 0.25) is 5.91 Å². The first-order chi connectivity index (χ1) is 13.7. The fourth-order valence-electron chi connectivity index (χ4n) is 3.35.